The van der Waals surface area contributed by atoms with E-state index in [0.717, 1.165) is 10.0 Å². The van der Waals surface area contributed by atoms with Gasteiger partial charge in [0.1, 0.15) is 5.60 Å². The smallest absolute Gasteiger partial charge is 0.293 e. The summed E-state index contributed by atoms with van der Waals surface area (Å²) in [6.45, 7) is 6.53. The van der Waals surface area contributed by atoms with Crippen LogP contribution >= 0.6 is 15.9 Å². The van der Waals surface area contributed by atoms with Crippen LogP contribution in [0.4, 0.5) is 0 Å². The van der Waals surface area contributed by atoms with E-state index in [2.05, 4.69) is 20.7 Å². The first-order valence-corrected chi connectivity index (χ1v) is 5.74. The van der Waals surface area contributed by atoms with Crippen molar-refractivity contribution in [3.63, 3.8) is 0 Å². The van der Waals surface area contributed by atoms with E-state index in [1.807, 2.05) is 45.0 Å². The third kappa shape index (κ3) is 8.44. The normalized spacial score (nSPS) is 10.1. The lowest BCUT2D eigenvalue weighted by molar-refractivity contribution is -0.138. The highest BCUT2D eigenvalue weighted by molar-refractivity contribution is 9.10. The maximum atomic E-state index is 9.60. The molecule has 16 heavy (non-hydrogen) atoms. The van der Waals surface area contributed by atoms with Crippen LogP contribution in [0.15, 0.2) is 28.7 Å². The van der Waals surface area contributed by atoms with Crippen molar-refractivity contribution < 1.29 is 9.53 Å². The molecule has 0 saturated heterocycles. The van der Waals surface area contributed by atoms with Gasteiger partial charge < -0.3 is 10.5 Å². The average molecular weight is 288 g/mol. The van der Waals surface area contributed by atoms with Crippen LogP contribution in [0.1, 0.15) is 26.3 Å². The molecule has 0 saturated carbocycles. The molecule has 0 unspecified atom stereocenters. The number of benzene rings is 1. The second-order valence-electron chi connectivity index (χ2n) is 4.16. The number of carbonyl (C=O) groups excluding carboxylic acids is 1. The van der Waals surface area contributed by atoms with Crippen molar-refractivity contribution in [3.05, 3.63) is 34.3 Å². The van der Waals surface area contributed by atoms with Crippen molar-refractivity contribution in [2.24, 2.45) is 5.73 Å². The van der Waals surface area contributed by atoms with Crippen LogP contribution in [0.2, 0.25) is 0 Å². The average Bonchev–Trinajstić information content (AvgIpc) is 2.17. The molecule has 0 fully saturated rings. The van der Waals surface area contributed by atoms with Gasteiger partial charge in [0.25, 0.3) is 6.47 Å². The molecule has 0 atom stereocenters. The fourth-order valence-corrected chi connectivity index (χ4v) is 1.25. The zero-order valence-corrected chi connectivity index (χ0v) is 11.5. The number of rotatable bonds is 2. The van der Waals surface area contributed by atoms with Crippen molar-refractivity contribution >= 4 is 22.4 Å². The largest absolute Gasteiger partial charge is 0.462 e. The van der Waals surface area contributed by atoms with Gasteiger partial charge in [-0.1, -0.05) is 28.1 Å². The highest BCUT2D eigenvalue weighted by Crippen LogP contribution is 2.10. The predicted octanol–water partition coefficient (Wildman–Crippen LogP) is 2.87. The minimum Gasteiger partial charge on any atom is -0.462 e. The van der Waals surface area contributed by atoms with Gasteiger partial charge in [0.15, 0.2) is 0 Å². The molecule has 3 nitrogen and oxygen atoms in total. The maximum absolute atomic E-state index is 9.60. The highest BCUT2D eigenvalue weighted by atomic mass is 79.9. The summed E-state index contributed by atoms with van der Waals surface area (Å²) in [5.41, 5.74) is 6.24. The maximum Gasteiger partial charge on any atom is 0.293 e. The van der Waals surface area contributed by atoms with E-state index in [1.54, 1.807) is 0 Å². The molecule has 0 aliphatic carbocycles. The molecule has 0 amide bonds. The zero-order chi connectivity index (χ0) is 12.6. The minimum absolute atomic E-state index is 0.318. The Morgan fingerprint density at radius 3 is 2.31 bits per heavy atom. The van der Waals surface area contributed by atoms with Crippen LogP contribution in [0.3, 0.4) is 0 Å². The third-order valence-electron chi connectivity index (χ3n) is 1.53. The monoisotopic (exact) mass is 287 g/mol. The highest BCUT2D eigenvalue weighted by Gasteiger charge is 2.07. The van der Waals surface area contributed by atoms with Crippen molar-refractivity contribution in [3.8, 4) is 0 Å². The molecule has 2 N–H and O–H groups in total. The SMILES string of the molecule is CC(C)(C)OC=O.NCc1cccc(Br)c1. The van der Waals surface area contributed by atoms with E-state index in [0.29, 0.717) is 13.0 Å². The molecule has 0 bridgehead atoms. The van der Waals surface area contributed by atoms with Crippen molar-refractivity contribution in [2.45, 2.75) is 32.9 Å². The second-order valence-corrected chi connectivity index (χ2v) is 5.08. The summed E-state index contributed by atoms with van der Waals surface area (Å²) in [6.07, 6.45) is 0. The predicted molar refractivity (Wildman–Crippen MR) is 68.9 cm³/mol. The summed E-state index contributed by atoms with van der Waals surface area (Å²) in [5.74, 6) is 0. The molecule has 0 radical (unpaired) electrons. The standard InChI is InChI=1S/C7H8BrN.C5H10O2/c8-7-3-1-2-6(4-7)5-9;1-5(2,3)7-4-6/h1-4H,5,9H2;4H,1-3H3. The van der Waals surface area contributed by atoms with Crippen molar-refractivity contribution in [1.29, 1.82) is 0 Å². The lowest BCUT2D eigenvalue weighted by Crippen LogP contribution is -2.17. The molecule has 1 aromatic rings. The minimum atomic E-state index is -0.318. The number of hydrogen-bond acceptors (Lipinski definition) is 3. The van der Waals surface area contributed by atoms with Gasteiger partial charge in [-0.25, -0.2) is 0 Å². The number of carbonyl (C=O) groups is 1. The van der Waals surface area contributed by atoms with Gasteiger partial charge in [-0.2, -0.15) is 0 Å². The van der Waals surface area contributed by atoms with E-state index in [9.17, 15) is 4.79 Å². The van der Waals surface area contributed by atoms with Gasteiger partial charge in [0.05, 0.1) is 0 Å². The molecule has 0 aromatic heterocycles. The molecule has 1 aromatic carbocycles. The fourth-order valence-electron chi connectivity index (χ4n) is 0.808. The van der Waals surface area contributed by atoms with Crippen LogP contribution in [0, 0.1) is 0 Å². The first-order chi connectivity index (χ1) is 7.39. The Bertz CT molecular complexity index is 321. The van der Waals surface area contributed by atoms with Gasteiger partial charge in [-0.05, 0) is 38.5 Å². The molecular weight excluding hydrogens is 270 g/mol. The number of hydrogen-bond donors (Lipinski definition) is 1. The molecule has 0 aliphatic rings. The van der Waals surface area contributed by atoms with Crippen LogP contribution in [0.5, 0.6) is 0 Å². The summed E-state index contributed by atoms with van der Waals surface area (Å²) >= 11 is 3.35. The Kier molecular flexibility index (Phi) is 7.01. The first kappa shape index (κ1) is 15.1. The van der Waals surface area contributed by atoms with Crippen LogP contribution < -0.4 is 5.73 Å². The quantitative estimate of drug-likeness (QED) is 0.851. The lowest BCUT2D eigenvalue weighted by atomic mass is 10.2. The third-order valence-corrected chi connectivity index (χ3v) is 2.02. The molecule has 0 heterocycles. The van der Waals surface area contributed by atoms with E-state index in [4.69, 9.17) is 5.73 Å². The molecule has 90 valence electrons. The molecule has 0 spiro atoms. The first-order valence-electron chi connectivity index (χ1n) is 4.95. The van der Waals surface area contributed by atoms with Crippen molar-refractivity contribution in [2.75, 3.05) is 0 Å². The molecule has 4 heteroatoms. The zero-order valence-electron chi connectivity index (χ0n) is 9.87. The Balaban J connectivity index is 0.000000293. The summed E-state index contributed by atoms with van der Waals surface area (Å²) in [6, 6.07) is 7.98. The van der Waals surface area contributed by atoms with Gasteiger partial charge in [-0.3, -0.25) is 4.79 Å². The Labute approximate surface area is 105 Å². The second kappa shape index (κ2) is 7.41. The van der Waals surface area contributed by atoms with Gasteiger partial charge >= 0.3 is 0 Å². The topological polar surface area (TPSA) is 52.3 Å². The van der Waals surface area contributed by atoms with E-state index in [1.165, 1.54) is 0 Å². The van der Waals surface area contributed by atoms with Crippen LogP contribution in [-0.4, -0.2) is 12.1 Å². The van der Waals surface area contributed by atoms with Gasteiger partial charge in [0.2, 0.25) is 0 Å². The summed E-state index contributed by atoms with van der Waals surface area (Å²) in [4.78, 5) is 9.60. The van der Waals surface area contributed by atoms with Gasteiger partial charge in [0, 0.05) is 11.0 Å². The number of halogens is 1. The Morgan fingerprint density at radius 1 is 1.44 bits per heavy atom. The van der Waals surface area contributed by atoms with Crippen LogP contribution in [-0.2, 0) is 16.1 Å². The molecular formula is C12H18BrNO2. The van der Waals surface area contributed by atoms with E-state index < -0.39 is 0 Å². The Morgan fingerprint density at radius 2 is 2.06 bits per heavy atom. The van der Waals surface area contributed by atoms with Crippen LogP contribution in [0.25, 0.3) is 0 Å². The van der Waals surface area contributed by atoms with Crippen molar-refractivity contribution in [1.82, 2.24) is 0 Å². The van der Waals surface area contributed by atoms with E-state index >= 15 is 0 Å². The number of ether oxygens (including phenoxy) is 1. The summed E-state index contributed by atoms with van der Waals surface area (Å²) < 4.78 is 5.64. The number of nitrogens with two attached hydrogens (primary N) is 1. The Hall–Kier alpha value is -0.870. The fraction of sp³-hybridized carbons (Fsp3) is 0.417. The summed E-state index contributed by atoms with van der Waals surface area (Å²) in [7, 11) is 0. The molecule has 1 rings (SSSR count). The summed E-state index contributed by atoms with van der Waals surface area (Å²) in [5, 5.41) is 0. The molecule has 0 aliphatic heterocycles. The van der Waals surface area contributed by atoms with E-state index in [-0.39, 0.29) is 5.60 Å². The lowest BCUT2D eigenvalue weighted by Gasteiger charge is -2.14. The van der Waals surface area contributed by atoms with Gasteiger partial charge in [-0.15, -0.1) is 0 Å².